The average molecular weight is 454 g/mol. The van der Waals surface area contributed by atoms with Gasteiger partial charge >= 0.3 is 11.7 Å². The molecule has 1 heterocycles. The average Bonchev–Trinajstić information content (AvgIpc) is 3.21. The first-order chi connectivity index (χ1) is 15.5. The number of hydrogen-bond acceptors (Lipinski definition) is 7. The van der Waals surface area contributed by atoms with E-state index in [1.54, 1.807) is 47.4 Å². The Hall–Kier alpha value is -3.40. The zero-order valence-electron chi connectivity index (χ0n) is 17.5. The van der Waals surface area contributed by atoms with E-state index in [4.69, 9.17) is 4.74 Å². The molecule has 0 aliphatic heterocycles. The van der Waals surface area contributed by atoms with E-state index in [1.165, 1.54) is 7.11 Å². The first-order valence-electron chi connectivity index (χ1n) is 10.4. The lowest BCUT2D eigenvalue weighted by Crippen LogP contribution is -2.47. The number of tetrazole rings is 1. The highest BCUT2D eigenvalue weighted by Crippen LogP contribution is 2.31. The van der Waals surface area contributed by atoms with Crippen molar-refractivity contribution in [2.45, 2.75) is 43.0 Å². The zero-order chi connectivity index (χ0) is 22.7. The summed E-state index contributed by atoms with van der Waals surface area (Å²) < 4.78 is 7.02. The second-order valence-electron chi connectivity index (χ2n) is 7.56. The highest BCUT2D eigenvalue weighted by Gasteiger charge is 2.31. The summed E-state index contributed by atoms with van der Waals surface area (Å²) >= 11 is 4.36. The molecule has 166 valence electrons. The number of anilines is 1. The van der Waals surface area contributed by atoms with E-state index >= 15 is 0 Å². The Morgan fingerprint density at radius 2 is 1.91 bits per heavy atom. The summed E-state index contributed by atoms with van der Waals surface area (Å²) in [4.78, 5) is 40.3. The van der Waals surface area contributed by atoms with E-state index in [2.05, 4.69) is 23.1 Å². The van der Waals surface area contributed by atoms with Crippen LogP contribution in [0.25, 0.3) is 5.69 Å². The molecule has 1 aliphatic carbocycles. The Balaban J connectivity index is 1.77. The Bertz CT molecular complexity index is 1200. The molecule has 0 unspecified atom stereocenters. The number of carbonyl (C=O) groups is 2. The predicted molar refractivity (Wildman–Crippen MR) is 121 cm³/mol. The van der Waals surface area contributed by atoms with Gasteiger partial charge in [-0.25, -0.2) is 9.59 Å². The number of carbonyl (C=O) groups excluding carboxylic acids is 2. The van der Waals surface area contributed by atoms with Gasteiger partial charge in [-0.1, -0.05) is 31.4 Å². The highest BCUT2D eigenvalue weighted by molar-refractivity contribution is 7.80. The Kier molecular flexibility index (Phi) is 6.40. The molecule has 1 amide bonds. The van der Waals surface area contributed by atoms with Crippen molar-refractivity contribution in [3.05, 3.63) is 58.5 Å². The van der Waals surface area contributed by atoms with Crippen LogP contribution in [0.2, 0.25) is 0 Å². The molecule has 0 N–H and O–H groups in total. The van der Waals surface area contributed by atoms with Gasteiger partial charge in [0.05, 0.1) is 18.4 Å². The Labute approximate surface area is 190 Å². The molecular formula is C22H23N5O4S. The van der Waals surface area contributed by atoms with E-state index < -0.39 is 11.7 Å². The number of aromatic nitrogens is 4. The minimum absolute atomic E-state index is 0.127. The van der Waals surface area contributed by atoms with Gasteiger partial charge in [-0.2, -0.15) is 4.68 Å². The van der Waals surface area contributed by atoms with Gasteiger partial charge in [-0.15, -0.1) is 17.3 Å². The van der Waals surface area contributed by atoms with E-state index in [0.29, 0.717) is 33.9 Å². The second-order valence-corrected chi connectivity index (χ2v) is 8.04. The number of nitrogens with zero attached hydrogens (tertiary/aromatic N) is 5. The van der Waals surface area contributed by atoms with Crippen LogP contribution in [-0.2, 0) is 0 Å². The molecule has 0 radical (unpaired) electrons. The third-order valence-corrected chi connectivity index (χ3v) is 6.01. The molecule has 9 nitrogen and oxygen atoms in total. The van der Waals surface area contributed by atoms with Crippen molar-refractivity contribution in [1.82, 2.24) is 19.8 Å². The number of benzene rings is 2. The molecule has 0 bridgehead atoms. The summed E-state index contributed by atoms with van der Waals surface area (Å²) in [7, 11) is 1.48. The normalized spacial score (nSPS) is 14.2. The minimum Gasteiger partial charge on any atom is -0.496 e. The van der Waals surface area contributed by atoms with Crippen molar-refractivity contribution in [3.8, 4) is 11.4 Å². The van der Waals surface area contributed by atoms with Crippen molar-refractivity contribution in [3.63, 3.8) is 0 Å². The Morgan fingerprint density at radius 3 is 2.59 bits per heavy atom. The molecule has 1 saturated carbocycles. The number of amides is 1. The van der Waals surface area contributed by atoms with Crippen LogP contribution in [0.1, 0.15) is 42.5 Å². The predicted octanol–water partition coefficient (Wildman–Crippen LogP) is 3.35. The highest BCUT2D eigenvalue weighted by atomic mass is 32.1. The van der Waals surface area contributed by atoms with Gasteiger partial charge in [0, 0.05) is 16.6 Å². The number of para-hydroxylation sites is 1. The molecule has 0 saturated heterocycles. The third kappa shape index (κ3) is 4.05. The third-order valence-electron chi connectivity index (χ3n) is 5.64. The largest absolute Gasteiger partial charge is 0.496 e. The van der Waals surface area contributed by atoms with Gasteiger partial charge in [0.1, 0.15) is 5.75 Å². The van der Waals surface area contributed by atoms with Crippen LogP contribution in [-0.4, -0.2) is 45.3 Å². The SMILES string of the molecule is COc1ccc(N(C(=O)n2nnn(-c3ccccc3S)c2=O)C2CCCCC2)cc1C=O. The second kappa shape index (κ2) is 9.39. The number of thiol groups is 1. The summed E-state index contributed by atoms with van der Waals surface area (Å²) in [6.07, 6.45) is 5.29. The maximum atomic E-state index is 13.6. The first-order valence-corrected chi connectivity index (χ1v) is 10.8. The number of aldehydes is 1. The fourth-order valence-corrected chi connectivity index (χ4v) is 4.30. The lowest BCUT2D eigenvalue weighted by atomic mass is 9.94. The lowest BCUT2D eigenvalue weighted by molar-refractivity contribution is 0.112. The molecule has 0 atom stereocenters. The molecule has 3 aromatic rings. The van der Waals surface area contributed by atoms with E-state index in [1.807, 2.05) is 0 Å². The van der Waals surface area contributed by atoms with Crippen LogP contribution in [0, 0.1) is 0 Å². The standard InChI is InChI=1S/C22H23N5O4S/c1-31-19-12-11-17(13-15(19)14-28)25(16-7-3-2-4-8-16)21(29)27-22(30)26(23-24-27)18-9-5-6-10-20(18)32/h5-6,9-14,16,32H,2-4,7-8H2,1H3. The number of methoxy groups -OCH3 is 1. The maximum Gasteiger partial charge on any atom is 0.377 e. The lowest BCUT2D eigenvalue weighted by Gasteiger charge is -2.33. The van der Waals surface area contributed by atoms with Gasteiger partial charge in [-0.3, -0.25) is 9.69 Å². The zero-order valence-corrected chi connectivity index (χ0v) is 18.4. The van der Waals surface area contributed by atoms with Crippen LogP contribution < -0.4 is 15.3 Å². The molecule has 2 aromatic carbocycles. The van der Waals surface area contributed by atoms with Crippen LogP contribution in [0.3, 0.4) is 0 Å². The van der Waals surface area contributed by atoms with Crippen LogP contribution in [0.15, 0.2) is 52.2 Å². The van der Waals surface area contributed by atoms with Gasteiger partial charge in [0.15, 0.2) is 6.29 Å². The van der Waals surface area contributed by atoms with Gasteiger partial charge in [0.25, 0.3) is 0 Å². The minimum atomic E-state index is -0.693. The molecular weight excluding hydrogens is 430 g/mol. The monoisotopic (exact) mass is 453 g/mol. The number of ether oxygens (including phenoxy) is 1. The van der Waals surface area contributed by atoms with Crippen molar-refractivity contribution >= 4 is 30.6 Å². The van der Waals surface area contributed by atoms with Crippen LogP contribution in [0.5, 0.6) is 5.75 Å². The number of hydrogen-bond donors (Lipinski definition) is 1. The molecule has 1 fully saturated rings. The summed E-state index contributed by atoms with van der Waals surface area (Å²) in [6, 6.07) is 11.1. The van der Waals surface area contributed by atoms with Crippen molar-refractivity contribution in [1.29, 1.82) is 0 Å². The first kappa shape index (κ1) is 21.8. The van der Waals surface area contributed by atoms with Gasteiger partial charge < -0.3 is 4.74 Å². The topological polar surface area (TPSA) is 99.3 Å². The summed E-state index contributed by atoms with van der Waals surface area (Å²) in [5.74, 6) is 0.410. The summed E-state index contributed by atoms with van der Waals surface area (Å²) in [5, 5.41) is 7.74. The Morgan fingerprint density at radius 1 is 1.16 bits per heavy atom. The van der Waals surface area contributed by atoms with Crippen molar-refractivity contribution in [2.75, 3.05) is 12.0 Å². The quantitative estimate of drug-likeness (QED) is 0.361. The molecule has 4 rings (SSSR count). The van der Waals surface area contributed by atoms with E-state index in [0.717, 1.165) is 41.5 Å². The molecule has 0 spiro atoms. The van der Waals surface area contributed by atoms with Gasteiger partial charge in [-0.05, 0) is 53.6 Å². The van der Waals surface area contributed by atoms with E-state index in [-0.39, 0.29) is 6.04 Å². The van der Waals surface area contributed by atoms with Crippen LogP contribution >= 0.6 is 12.6 Å². The van der Waals surface area contributed by atoms with Crippen molar-refractivity contribution in [2.24, 2.45) is 0 Å². The molecule has 1 aromatic heterocycles. The fourth-order valence-electron chi connectivity index (χ4n) is 4.04. The number of rotatable bonds is 5. The molecule has 10 heteroatoms. The summed E-state index contributed by atoms with van der Waals surface area (Å²) in [6.45, 7) is 0. The molecule has 32 heavy (non-hydrogen) atoms. The fraction of sp³-hybridized carbons (Fsp3) is 0.318. The summed E-state index contributed by atoms with van der Waals surface area (Å²) in [5.41, 5.74) is 0.553. The maximum absolute atomic E-state index is 13.6. The molecule has 1 aliphatic rings. The van der Waals surface area contributed by atoms with E-state index in [9.17, 15) is 14.4 Å². The van der Waals surface area contributed by atoms with Gasteiger partial charge in [0.2, 0.25) is 0 Å². The van der Waals surface area contributed by atoms with Crippen LogP contribution in [0.4, 0.5) is 10.5 Å². The van der Waals surface area contributed by atoms with Crippen molar-refractivity contribution < 1.29 is 14.3 Å². The smallest absolute Gasteiger partial charge is 0.377 e.